The lowest BCUT2D eigenvalue weighted by atomic mass is 9.99. The molecule has 3 N–H and O–H groups in total. The number of nitrogens with zero attached hydrogens (tertiary/aromatic N) is 1. The van der Waals surface area contributed by atoms with E-state index in [4.69, 9.17) is 5.73 Å². The predicted octanol–water partition coefficient (Wildman–Crippen LogP) is 2.54. The monoisotopic (exact) mass is 425 g/mol. The van der Waals surface area contributed by atoms with Crippen LogP contribution in [0.4, 0.5) is 5.69 Å². The molecule has 1 fully saturated rings. The number of piperidine rings is 1. The molecule has 5 nitrogen and oxygen atoms in total. The SMILES string of the molecule is NCC1CCN(S(=O)(=O)Nc2ccc(Br)cc2Br)CC1. The molecule has 1 aromatic rings. The second-order valence-electron chi connectivity index (χ2n) is 4.81. The summed E-state index contributed by atoms with van der Waals surface area (Å²) < 4.78 is 30.4. The predicted molar refractivity (Wildman–Crippen MR) is 87.7 cm³/mol. The molecule has 1 aliphatic rings. The first-order valence-electron chi connectivity index (χ1n) is 6.35. The minimum atomic E-state index is -3.51. The largest absolute Gasteiger partial charge is 0.330 e. The van der Waals surface area contributed by atoms with Crippen LogP contribution in [0.5, 0.6) is 0 Å². The van der Waals surface area contributed by atoms with E-state index >= 15 is 0 Å². The van der Waals surface area contributed by atoms with Crippen LogP contribution in [-0.2, 0) is 10.2 Å². The number of anilines is 1. The Kier molecular flexibility index (Phi) is 5.47. The third-order valence-corrected chi connectivity index (χ3v) is 6.09. The summed E-state index contributed by atoms with van der Waals surface area (Å²) in [5.41, 5.74) is 6.16. The summed E-state index contributed by atoms with van der Waals surface area (Å²) in [6.45, 7) is 1.66. The van der Waals surface area contributed by atoms with Gasteiger partial charge in [-0.2, -0.15) is 12.7 Å². The van der Waals surface area contributed by atoms with Crippen molar-refractivity contribution < 1.29 is 8.42 Å². The Hall–Kier alpha value is -0.150. The molecule has 0 aliphatic carbocycles. The Balaban J connectivity index is 2.08. The molecule has 1 saturated heterocycles. The Morgan fingerprint density at radius 1 is 1.30 bits per heavy atom. The summed E-state index contributed by atoms with van der Waals surface area (Å²) in [4.78, 5) is 0. The molecule has 1 aliphatic heterocycles. The molecule has 0 saturated carbocycles. The molecule has 8 heteroatoms. The maximum Gasteiger partial charge on any atom is 0.301 e. The van der Waals surface area contributed by atoms with Gasteiger partial charge in [-0.05, 0) is 59.4 Å². The van der Waals surface area contributed by atoms with Crippen LogP contribution >= 0.6 is 31.9 Å². The molecule has 0 radical (unpaired) electrons. The highest BCUT2D eigenvalue weighted by atomic mass is 79.9. The molecule has 112 valence electrons. The maximum absolute atomic E-state index is 12.3. The average Bonchev–Trinajstić information content (AvgIpc) is 2.42. The van der Waals surface area contributed by atoms with Gasteiger partial charge >= 0.3 is 10.2 Å². The molecule has 0 bridgehead atoms. The first-order chi connectivity index (χ1) is 9.42. The van der Waals surface area contributed by atoms with E-state index < -0.39 is 10.2 Å². The molecule has 1 heterocycles. The summed E-state index contributed by atoms with van der Waals surface area (Å²) in [5.74, 6) is 0.431. The maximum atomic E-state index is 12.3. The Morgan fingerprint density at radius 3 is 2.50 bits per heavy atom. The molecule has 0 amide bonds. The van der Waals surface area contributed by atoms with E-state index in [1.54, 1.807) is 18.2 Å². The van der Waals surface area contributed by atoms with Crippen LogP contribution in [0.15, 0.2) is 27.1 Å². The number of nitrogens with two attached hydrogens (primary N) is 1. The molecule has 0 aromatic heterocycles. The number of benzene rings is 1. The second kappa shape index (κ2) is 6.74. The highest BCUT2D eigenvalue weighted by molar-refractivity contribution is 9.11. The number of halogens is 2. The van der Waals surface area contributed by atoms with Crippen molar-refractivity contribution in [3.63, 3.8) is 0 Å². The first kappa shape index (κ1) is 16.2. The fourth-order valence-electron chi connectivity index (χ4n) is 2.16. The second-order valence-corrected chi connectivity index (χ2v) is 8.25. The van der Waals surface area contributed by atoms with Gasteiger partial charge in [0, 0.05) is 22.0 Å². The number of hydrogen-bond acceptors (Lipinski definition) is 3. The van der Waals surface area contributed by atoms with E-state index in [1.807, 2.05) is 0 Å². The van der Waals surface area contributed by atoms with Crippen molar-refractivity contribution in [1.82, 2.24) is 4.31 Å². The number of rotatable bonds is 4. The highest BCUT2D eigenvalue weighted by Crippen LogP contribution is 2.28. The zero-order valence-corrected chi connectivity index (χ0v) is 14.8. The van der Waals surface area contributed by atoms with Gasteiger partial charge in [0.15, 0.2) is 0 Å². The lowest BCUT2D eigenvalue weighted by molar-refractivity contribution is 0.280. The van der Waals surface area contributed by atoms with E-state index in [2.05, 4.69) is 36.6 Å². The zero-order chi connectivity index (χ0) is 14.8. The van der Waals surface area contributed by atoms with Crippen molar-refractivity contribution in [3.8, 4) is 0 Å². The zero-order valence-electron chi connectivity index (χ0n) is 10.9. The van der Waals surface area contributed by atoms with Gasteiger partial charge in [-0.15, -0.1) is 0 Å². The topological polar surface area (TPSA) is 75.4 Å². The molecule has 2 rings (SSSR count). The summed E-state index contributed by atoms with van der Waals surface area (Å²) in [6.07, 6.45) is 1.64. The minimum absolute atomic E-state index is 0.431. The van der Waals surface area contributed by atoms with Crippen LogP contribution in [0.25, 0.3) is 0 Å². The summed E-state index contributed by atoms with van der Waals surface area (Å²) in [5, 5.41) is 0. The quantitative estimate of drug-likeness (QED) is 0.776. The molecular formula is C12H17Br2N3O2S. The average molecular weight is 427 g/mol. The number of hydrogen-bond donors (Lipinski definition) is 2. The van der Waals surface area contributed by atoms with Gasteiger partial charge in [0.25, 0.3) is 0 Å². The van der Waals surface area contributed by atoms with Gasteiger partial charge in [0.1, 0.15) is 0 Å². The molecule has 0 unspecified atom stereocenters. The van der Waals surface area contributed by atoms with Crippen LogP contribution in [-0.4, -0.2) is 32.4 Å². The van der Waals surface area contributed by atoms with Crippen LogP contribution in [0.3, 0.4) is 0 Å². The fraction of sp³-hybridized carbons (Fsp3) is 0.500. The van der Waals surface area contributed by atoms with Crippen molar-refractivity contribution in [1.29, 1.82) is 0 Å². The van der Waals surface area contributed by atoms with Crippen LogP contribution in [0, 0.1) is 5.92 Å². The molecule has 1 aromatic carbocycles. The lowest BCUT2D eigenvalue weighted by Crippen LogP contribution is -2.42. The van der Waals surface area contributed by atoms with Crippen molar-refractivity contribution in [2.24, 2.45) is 11.7 Å². The summed E-state index contributed by atoms with van der Waals surface area (Å²) >= 11 is 6.69. The standard InChI is InChI=1S/C12H17Br2N3O2S/c13-10-1-2-12(11(14)7-10)16-20(18,19)17-5-3-9(8-15)4-6-17/h1-2,7,9,16H,3-6,8,15H2. The molecule has 0 spiro atoms. The molecule has 20 heavy (non-hydrogen) atoms. The molecular weight excluding hydrogens is 410 g/mol. The van der Waals surface area contributed by atoms with Crippen LogP contribution in [0.1, 0.15) is 12.8 Å². The third-order valence-electron chi connectivity index (χ3n) is 3.42. The Labute approximate surface area is 136 Å². The Morgan fingerprint density at radius 2 is 1.95 bits per heavy atom. The Bertz CT molecular complexity index is 572. The van der Waals surface area contributed by atoms with Crippen molar-refractivity contribution >= 4 is 47.8 Å². The summed E-state index contributed by atoms with van der Waals surface area (Å²) in [6, 6.07) is 5.32. The fourth-order valence-corrected chi connectivity index (χ4v) is 4.72. The van der Waals surface area contributed by atoms with Gasteiger partial charge < -0.3 is 5.73 Å². The highest BCUT2D eigenvalue weighted by Gasteiger charge is 2.27. The van der Waals surface area contributed by atoms with E-state index in [0.717, 1.165) is 17.3 Å². The third kappa shape index (κ3) is 3.94. The normalized spacial score (nSPS) is 18.1. The van der Waals surface area contributed by atoms with Crippen LogP contribution < -0.4 is 10.5 Å². The number of nitrogens with one attached hydrogen (secondary N) is 1. The van der Waals surface area contributed by atoms with Crippen molar-refractivity contribution in [3.05, 3.63) is 27.1 Å². The smallest absolute Gasteiger partial charge is 0.301 e. The van der Waals surface area contributed by atoms with Crippen LogP contribution in [0.2, 0.25) is 0 Å². The van der Waals surface area contributed by atoms with Gasteiger partial charge in [0.2, 0.25) is 0 Å². The van der Waals surface area contributed by atoms with Crippen molar-refractivity contribution in [2.75, 3.05) is 24.4 Å². The summed E-state index contributed by atoms with van der Waals surface area (Å²) in [7, 11) is -3.51. The van der Waals surface area contributed by atoms with Crippen molar-refractivity contribution in [2.45, 2.75) is 12.8 Å². The van der Waals surface area contributed by atoms with E-state index in [0.29, 0.717) is 35.7 Å². The van der Waals surface area contributed by atoms with Gasteiger partial charge in [-0.25, -0.2) is 0 Å². The molecule has 0 atom stereocenters. The van der Waals surface area contributed by atoms with Gasteiger partial charge in [-0.3, -0.25) is 4.72 Å². The van der Waals surface area contributed by atoms with E-state index in [-0.39, 0.29) is 0 Å². The first-order valence-corrected chi connectivity index (χ1v) is 9.38. The van der Waals surface area contributed by atoms with E-state index in [1.165, 1.54) is 4.31 Å². The van der Waals surface area contributed by atoms with E-state index in [9.17, 15) is 8.42 Å². The lowest BCUT2D eigenvalue weighted by Gasteiger charge is -2.30. The van der Waals surface area contributed by atoms with Gasteiger partial charge in [0.05, 0.1) is 5.69 Å². The minimum Gasteiger partial charge on any atom is -0.330 e. The van der Waals surface area contributed by atoms with Gasteiger partial charge in [-0.1, -0.05) is 15.9 Å².